The van der Waals surface area contributed by atoms with Crippen molar-refractivity contribution < 1.29 is 14.3 Å². The first kappa shape index (κ1) is 15.0. The maximum absolute atomic E-state index is 11.7. The number of hydrogen-bond donors (Lipinski definition) is 2. The Balaban J connectivity index is 2.63. The van der Waals surface area contributed by atoms with Gasteiger partial charge in [-0.2, -0.15) is 0 Å². The lowest BCUT2D eigenvalue weighted by Crippen LogP contribution is -2.45. The predicted octanol–water partition coefficient (Wildman–Crippen LogP) is 1.92. The lowest BCUT2D eigenvalue weighted by molar-refractivity contribution is -0.126. The van der Waals surface area contributed by atoms with Crippen molar-refractivity contribution >= 4 is 11.9 Å². The Morgan fingerprint density at radius 1 is 1.32 bits per heavy atom. The second-order valence-corrected chi connectivity index (χ2v) is 4.38. The number of carbonyl (C=O) groups excluding carboxylic acids is 2. The van der Waals surface area contributed by atoms with Gasteiger partial charge >= 0.3 is 6.03 Å². The average Bonchev–Trinajstić information content (AvgIpc) is 2.34. The molecule has 0 bridgehead atoms. The predicted molar refractivity (Wildman–Crippen MR) is 73.2 cm³/mol. The van der Waals surface area contributed by atoms with E-state index in [1.54, 1.807) is 13.8 Å². The molecule has 0 fully saturated rings. The number of hydrogen-bond acceptors (Lipinski definition) is 3. The van der Waals surface area contributed by atoms with Crippen molar-refractivity contribution in [2.45, 2.75) is 33.8 Å². The van der Waals surface area contributed by atoms with Gasteiger partial charge in [-0.1, -0.05) is 12.1 Å². The number of nitrogens with one attached hydrogen (secondary N) is 2. The number of urea groups is 1. The lowest BCUT2D eigenvalue weighted by Gasteiger charge is -2.16. The summed E-state index contributed by atoms with van der Waals surface area (Å²) in [5.74, 6) is 0.186. The van der Waals surface area contributed by atoms with Crippen molar-refractivity contribution in [3.05, 3.63) is 29.3 Å². The summed E-state index contributed by atoms with van der Waals surface area (Å²) in [5.41, 5.74) is 2.00. The van der Waals surface area contributed by atoms with Crippen LogP contribution in [0.15, 0.2) is 18.2 Å². The highest BCUT2D eigenvalue weighted by Crippen LogP contribution is 2.20. The maximum atomic E-state index is 11.7. The molecule has 0 aliphatic rings. The largest absolute Gasteiger partial charge is 0.481 e. The van der Waals surface area contributed by atoms with Gasteiger partial charge in [0.05, 0.1) is 0 Å². The molecule has 1 aromatic rings. The van der Waals surface area contributed by atoms with Gasteiger partial charge in [-0.05, 0) is 44.9 Å². The van der Waals surface area contributed by atoms with Crippen molar-refractivity contribution in [2.24, 2.45) is 0 Å². The molecule has 1 atom stereocenters. The third-order valence-corrected chi connectivity index (χ3v) is 2.59. The molecule has 0 aromatic heterocycles. The van der Waals surface area contributed by atoms with Crippen molar-refractivity contribution in [2.75, 3.05) is 6.54 Å². The molecule has 5 nitrogen and oxygen atoms in total. The van der Waals surface area contributed by atoms with Crippen LogP contribution in [0.4, 0.5) is 4.79 Å². The molecule has 0 aliphatic carbocycles. The van der Waals surface area contributed by atoms with Gasteiger partial charge in [0.2, 0.25) is 0 Å². The van der Waals surface area contributed by atoms with E-state index >= 15 is 0 Å². The van der Waals surface area contributed by atoms with Gasteiger partial charge in [-0.3, -0.25) is 10.1 Å². The molecule has 3 amide bonds. The molecule has 1 rings (SSSR count). The number of rotatable bonds is 4. The summed E-state index contributed by atoms with van der Waals surface area (Å²) in [4.78, 5) is 23.0. The Bertz CT molecular complexity index is 472. The highest BCUT2D eigenvalue weighted by molar-refractivity contribution is 5.96. The Labute approximate surface area is 113 Å². The Morgan fingerprint density at radius 3 is 2.63 bits per heavy atom. The van der Waals surface area contributed by atoms with Gasteiger partial charge in [0, 0.05) is 6.54 Å². The smallest absolute Gasteiger partial charge is 0.321 e. The first-order chi connectivity index (χ1) is 8.93. The highest BCUT2D eigenvalue weighted by atomic mass is 16.5. The zero-order chi connectivity index (χ0) is 14.4. The van der Waals surface area contributed by atoms with Crippen LogP contribution in [0.25, 0.3) is 0 Å². The quantitative estimate of drug-likeness (QED) is 0.873. The Kier molecular flexibility index (Phi) is 5.36. The second kappa shape index (κ2) is 6.78. The molecule has 104 valence electrons. The SMILES string of the molecule is CCNC(=O)NC(=O)[C@H](C)Oc1cc(C)ccc1C. The van der Waals surface area contributed by atoms with Gasteiger partial charge in [-0.15, -0.1) is 0 Å². The number of aryl methyl sites for hydroxylation is 2. The third-order valence-electron chi connectivity index (χ3n) is 2.59. The normalized spacial score (nSPS) is 11.6. The van der Waals surface area contributed by atoms with Crippen LogP contribution in [0.3, 0.4) is 0 Å². The Hall–Kier alpha value is -2.04. The summed E-state index contributed by atoms with van der Waals surface area (Å²) < 4.78 is 5.57. The number of carbonyl (C=O) groups is 2. The number of imide groups is 1. The molecule has 0 unspecified atom stereocenters. The molecule has 2 N–H and O–H groups in total. The average molecular weight is 264 g/mol. The fourth-order valence-corrected chi connectivity index (χ4v) is 1.50. The number of amides is 3. The van der Waals surface area contributed by atoms with E-state index in [1.165, 1.54) is 0 Å². The van der Waals surface area contributed by atoms with E-state index in [0.29, 0.717) is 12.3 Å². The molecular formula is C14H20N2O3. The topological polar surface area (TPSA) is 67.4 Å². The van der Waals surface area contributed by atoms with Crippen LogP contribution in [-0.4, -0.2) is 24.6 Å². The highest BCUT2D eigenvalue weighted by Gasteiger charge is 2.17. The molecule has 0 aliphatic heterocycles. The van der Waals surface area contributed by atoms with Crippen LogP contribution in [0, 0.1) is 13.8 Å². The molecule has 0 saturated heterocycles. The summed E-state index contributed by atoms with van der Waals surface area (Å²) in [6.45, 7) is 7.71. The summed E-state index contributed by atoms with van der Waals surface area (Å²) in [6, 6.07) is 5.26. The molecular weight excluding hydrogens is 244 g/mol. The monoisotopic (exact) mass is 264 g/mol. The van der Waals surface area contributed by atoms with Gasteiger partial charge < -0.3 is 10.1 Å². The zero-order valence-corrected chi connectivity index (χ0v) is 11.7. The molecule has 0 spiro atoms. The standard InChI is InChI=1S/C14H20N2O3/c1-5-15-14(18)16-13(17)11(4)19-12-8-9(2)6-7-10(12)3/h6-8,11H,5H2,1-4H3,(H2,15,16,17,18)/t11-/m0/s1. The lowest BCUT2D eigenvalue weighted by atomic mass is 10.1. The van der Waals surface area contributed by atoms with Gasteiger partial charge in [-0.25, -0.2) is 4.79 Å². The fourth-order valence-electron chi connectivity index (χ4n) is 1.50. The van der Waals surface area contributed by atoms with E-state index in [-0.39, 0.29) is 0 Å². The third kappa shape index (κ3) is 4.62. The summed E-state index contributed by atoms with van der Waals surface area (Å²) in [7, 11) is 0. The van der Waals surface area contributed by atoms with E-state index in [1.807, 2.05) is 32.0 Å². The van der Waals surface area contributed by atoms with E-state index in [4.69, 9.17) is 4.74 Å². The molecule has 0 heterocycles. The van der Waals surface area contributed by atoms with Crippen molar-refractivity contribution in [3.63, 3.8) is 0 Å². The summed E-state index contributed by atoms with van der Waals surface area (Å²) in [5, 5.41) is 4.71. The van der Waals surface area contributed by atoms with E-state index < -0.39 is 18.0 Å². The number of benzene rings is 1. The van der Waals surface area contributed by atoms with Crippen LogP contribution < -0.4 is 15.4 Å². The van der Waals surface area contributed by atoms with Gasteiger partial charge in [0.1, 0.15) is 5.75 Å². The molecule has 0 saturated carbocycles. The minimum Gasteiger partial charge on any atom is -0.481 e. The zero-order valence-electron chi connectivity index (χ0n) is 11.7. The van der Waals surface area contributed by atoms with Gasteiger partial charge in [0.15, 0.2) is 6.10 Å². The van der Waals surface area contributed by atoms with E-state index in [2.05, 4.69) is 10.6 Å². The van der Waals surface area contributed by atoms with E-state index in [9.17, 15) is 9.59 Å². The van der Waals surface area contributed by atoms with Crippen molar-refractivity contribution in [1.82, 2.24) is 10.6 Å². The van der Waals surface area contributed by atoms with Gasteiger partial charge in [0.25, 0.3) is 5.91 Å². The van der Waals surface area contributed by atoms with Crippen LogP contribution >= 0.6 is 0 Å². The van der Waals surface area contributed by atoms with Crippen LogP contribution in [-0.2, 0) is 4.79 Å². The molecule has 5 heteroatoms. The molecule has 19 heavy (non-hydrogen) atoms. The van der Waals surface area contributed by atoms with Crippen LogP contribution in [0.5, 0.6) is 5.75 Å². The minimum atomic E-state index is -0.733. The van der Waals surface area contributed by atoms with Crippen LogP contribution in [0.1, 0.15) is 25.0 Å². The summed E-state index contributed by atoms with van der Waals surface area (Å²) in [6.07, 6.45) is -0.733. The summed E-state index contributed by atoms with van der Waals surface area (Å²) >= 11 is 0. The van der Waals surface area contributed by atoms with E-state index in [0.717, 1.165) is 11.1 Å². The van der Waals surface area contributed by atoms with Crippen LogP contribution in [0.2, 0.25) is 0 Å². The minimum absolute atomic E-state index is 0.464. The van der Waals surface area contributed by atoms with Crippen molar-refractivity contribution in [1.29, 1.82) is 0 Å². The Morgan fingerprint density at radius 2 is 2.00 bits per heavy atom. The maximum Gasteiger partial charge on any atom is 0.321 e. The molecule has 1 aromatic carbocycles. The first-order valence-corrected chi connectivity index (χ1v) is 6.26. The van der Waals surface area contributed by atoms with Crippen molar-refractivity contribution in [3.8, 4) is 5.75 Å². The second-order valence-electron chi connectivity index (χ2n) is 4.38. The molecule has 0 radical (unpaired) electrons. The fraction of sp³-hybridized carbons (Fsp3) is 0.429. The first-order valence-electron chi connectivity index (χ1n) is 6.26. The number of ether oxygens (including phenoxy) is 1.